The van der Waals surface area contributed by atoms with E-state index < -0.39 is 5.03 Å². The van der Waals surface area contributed by atoms with E-state index in [0.29, 0.717) is 25.0 Å². The van der Waals surface area contributed by atoms with Crippen molar-refractivity contribution < 1.29 is 5.03 Å². The van der Waals surface area contributed by atoms with Crippen molar-refractivity contribution in [1.82, 2.24) is 20.2 Å². The summed E-state index contributed by atoms with van der Waals surface area (Å²) < 4.78 is 0. The molecule has 134 valence electrons. The Labute approximate surface area is 154 Å². The molecular formula is C16H16ClN7O2. The van der Waals surface area contributed by atoms with Gasteiger partial charge in [-0.15, -0.1) is 0 Å². The normalized spacial score (nSPS) is 16.8. The molecule has 0 bridgehead atoms. The predicted molar refractivity (Wildman–Crippen MR) is 98.0 cm³/mol. The first-order valence-electron chi connectivity index (χ1n) is 7.76. The lowest BCUT2D eigenvalue weighted by molar-refractivity contribution is -0.486. The van der Waals surface area contributed by atoms with E-state index in [0.717, 1.165) is 11.1 Å². The van der Waals surface area contributed by atoms with Crippen molar-refractivity contribution in [3.05, 3.63) is 75.1 Å². The molecule has 1 saturated heterocycles. The van der Waals surface area contributed by atoms with Crippen LogP contribution in [0.5, 0.6) is 0 Å². The third-order valence-corrected chi connectivity index (χ3v) is 3.78. The average molecular weight is 374 g/mol. The van der Waals surface area contributed by atoms with Gasteiger partial charge in [0.25, 0.3) is 5.96 Å². The molecule has 2 aromatic rings. The van der Waals surface area contributed by atoms with Gasteiger partial charge >= 0.3 is 0 Å². The Hall–Kier alpha value is -3.04. The molecular weight excluding hydrogens is 358 g/mol. The number of guanidine groups is 1. The summed E-state index contributed by atoms with van der Waals surface area (Å²) in [7, 11) is 0. The lowest BCUT2D eigenvalue weighted by Gasteiger charge is -2.33. The van der Waals surface area contributed by atoms with Gasteiger partial charge in [0.05, 0.1) is 19.6 Å². The summed E-state index contributed by atoms with van der Waals surface area (Å²) in [5, 5.41) is 22.5. The molecule has 0 spiro atoms. The SMILES string of the molecule is O=[N+]([O-])/N=C1\NCN(Cc2ccc(Cl)nc2)CN1/N=C/c1ccccc1. The molecule has 1 aromatic carbocycles. The molecule has 1 fully saturated rings. The van der Waals surface area contributed by atoms with Crippen LogP contribution in [0.15, 0.2) is 58.9 Å². The van der Waals surface area contributed by atoms with Crippen molar-refractivity contribution in [2.45, 2.75) is 6.54 Å². The molecule has 0 saturated carbocycles. The Morgan fingerprint density at radius 2 is 2.12 bits per heavy atom. The van der Waals surface area contributed by atoms with Gasteiger partial charge in [-0.05, 0) is 17.2 Å². The van der Waals surface area contributed by atoms with Gasteiger partial charge in [-0.3, -0.25) is 4.90 Å². The maximum absolute atomic E-state index is 10.8. The maximum Gasteiger partial charge on any atom is 0.294 e. The lowest BCUT2D eigenvalue weighted by atomic mass is 10.2. The van der Waals surface area contributed by atoms with E-state index in [1.54, 1.807) is 18.5 Å². The first-order valence-corrected chi connectivity index (χ1v) is 8.14. The first-order chi connectivity index (χ1) is 12.6. The number of halogens is 1. The van der Waals surface area contributed by atoms with Gasteiger partial charge in [0.15, 0.2) is 5.03 Å². The van der Waals surface area contributed by atoms with E-state index >= 15 is 0 Å². The molecule has 0 amide bonds. The minimum atomic E-state index is -0.744. The second-order valence-corrected chi connectivity index (χ2v) is 5.90. The molecule has 0 aliphatic carbocycles. The topological polar surface area (TPSA) is 99.3 Å². The Morgan fingerprint density at radius 3 is 2.81 bits per heavy atom. The highest BCUT2D eigenvalue weighted by Gasteiger charge is 2.24. The zero-order chi connectivity index (χ0) is 18.4. The fraction of sp³-hybridized carbons (Fsp3) is 0.188. The average Bonchev–Trinajstić information content (AvgIpc) is 2.64. The number of hydrogen-bond donors (Lipinski definition) is 1. The van der Waals surface area contributed by atoms with Crippen molar-refractivity contribution in [3.63, 3.8) is 0 Å². The van der Waals surface area contributed by atoms with Crippen molar-refractivity contribution >= 4 is 23.8 Å². The Kier molecular flexibility index (Phi) is 5.72. The third kappa shape index (κ3) is 4.98. The zero-order valence-corrected chi connectivity index (χ0v) is 14.5. The minimum Gasteiger partial charge on any atom is -0.337 e. The number of rotatable bonds is 5. The number of nitrogens with zero attached hydrogens (tertiary/aromatic N) is 6. The number of pyridine rings is 1. The molecule has 3 rings (SSSR count). The van der Waals surface area contributed by atoms with Crippen LogP contribution in [-0.4, -0.2) is 45.4 Å². The molecule has 10 heteroatoms. The highest BCUT2D eigenvalue weighted by Crippen LogP contribution is 2.11. The molecule has 2 heterocycles. The van der Waals surface area contributed by atoms with Crippen molar-refractivity contribution in [2.24, 2.45) is 10.2 Å². The van der Waals surface area contributed by atoms with Gasteiger partial charge in [0.1, 0.15) is 10.3 Å². The minimum absolute atomic E-state index is 0.0904. The van der Waals surface area contributed by atoms with E-state index in [1.807, 2.05) is 41.3 Å². The van der Waals surface area contributed by atoms with E-state index in [2.05, 4.69) is 20.5 Å². The van der Waals surface area contributed by atoms with Crippen LogP contribution in [0.3, 0.4) is 0 Å². The van der Waals surface area contributed by atoms with Gasteiger partial charge in [-0.25, -0.2) is 20.1 Å². The van der Waals surface area contributed by atoms with Crippen LogP contribution in [-0.2, 0) is 6.54 Å². The predicted octanol–water partition coefficient (Wildman–Crippen LogP) is 1.94. The summed E-state index contributed by atoms with van der Waals surface area (Å²) in [5.74, 6) is 0.0904. The van der Waals surface area contributed by atoms with Gasteiger partial charge in [-0.2, -0.15) is 5.10 Å². The smallest absolute Gasteiger partial charge is 0.294 e. The Balaban J connectivity index is 1.73. The lowest BCUT2D eigenvalue weighted by Crippen LogP contribution is -2.54. The van der Waals surface area contributed by atoms with Crippen LogP contribution in [0.25, 0.3) is 0 Å². The highest BCUT2D eigenvalue weighted by atomic mass is 35.5. The highest BCUT2D eigenvalue weighted by molar-refractivity contribution is 6.29. The summed E-state index contributed by atoms with van der Waals surface area (Å²) in [6, 6.07) is 13.1. The van der Waals surface area contributed by atoms with Gasteiger partial charge in [0, 0.05) is 12.7 Å². The van der Waals surface area contributed by atoms with Crippen LogP contribution in [0.1, 0.15) is 11.1 Å². The fourth-order valence-corrected chi connectivity index (χ4v) is 2.49. The molecule has 26 heavy (non-hydrogen) atoms. The van der Waals surface area contributed by atoms with E-state index in [4.69, 9.17) is 11.6 Å². The van der Waals surface area contributed by atoms with Crippen LogP contribution in [0.4, 0.5) is 0 Å². The quantitative estimate of drug-likeness (QED) is 0.372. The Morgan fingerprint density at radius 1 is 1.31 bits per heavy atom. The molecule has 1 N–H and O–H groups in total. The van der Waals surface area contributed by atoms with Gasteiger partial charge < -0.3 is 5.32 Å². The first kappa shape index (κ1) is 17.8. The van der Waals surface area contributed by atoms with Crippen molar-refractivity contribution in [3.8, 4) is 0 Å². The van der Waals surface area contributed by atoms with Crippen LogP contribution in [0, 0.1) is 10.1 Å². The fourth-order valence-electron chi connectivity index (χ4n) is 2.38. The van der Waals surface area contributed by atoms with Crippen LogP contribution >= 0.6 is 11.6 Å². The number of aromatic nitrogens is 1. The summed E-state index contributed by atoms with van der Waals surface area (Å²) >= 11 is 5.80. The molecule has 0 unspecified atom stereocenters. The van der Waals surface area contributed by atoms with Crippen LogP contribution in [0.2, 0.25) is 5.15 Å². The zero-order valence-electron chi connectivity index (χ0n) is 13.7. The van der Waals surface area contributed by atoms with E-state index in [9.17, 15) is 10.1 Å². The summed E-state index contributed by atoms with van der Waals surface area (Å²) in [6.07, 6.45) is 3.32. The number of nitro groups is 1. The maximum atomic E-state index is 10.8. The van der Waals surface area contributed by atoms with E-state index in [-0.39, 0.29) is 5.96 Å². The molecule has 0 radical (unpaired) electrons. The molecule has 1 aromatic heterocycles. The third-order valence-electron chi connectivity index (χ3n) is 3.56. The van der Waals surface area contributed by atoms with Gasteiger partial charge in [-0.1, -0.05) is 48.0 Å². The molecule has 0 atom stereocenters. The van der Waals surface area contributed by atoms with Crippen molar-refractivity contribution in [1.29, 1.82) is 0 Å². The summed E-state index contributed by atoms with van der Waals surface area (Å²) in [6.45, 7) is 1.32. The Bertz CT molecular complexity index is 811. The van der Waals surface area contributed by atoms with E-state index in [1.165, 1.54) is 5.01 Å². The number of hydrazone groups is 2. The number of hydrogen-bond acceptors (Lipinski definition) is 5. The summed E-state index contributed by atoms with van der Waals surface area (Å²) in [4.78, 5) is 16.8. The molecule has 1 aliphatic rings. The van der Waals surface area contributed by atoms with Gasteiger partial charge in [0.2, 0.25) is 0 Å². The second kappa shape index (κ2) is 8.37. The van der Waals surface area contributed by atoms with Crippen LogP contribution < -0.4 is 5.32 Å². The summed E-state index contributed by atoms with van der Waals surface area (Å²) in [5.41, 5.74) is 1.85. The number of benzene rings is 1. The largest absolute Gasteiger partial charge is 0.337 e. The molecule has 1 aliphatic heterocycles. The second-order valence-electron chi connectivity index (χ2n) is 5.51. The standard InChI is InChI=1S/C16H16ClN7O2/c17-15-7-6-14(8-18-15)10-22-11-19-16(21-24(25)26)23(12-22)20-9-13-4-2-1-3-5-13/h1-9H,10-12H2,(H,19,21)/b20-9+. The molecule has 9 nitrogen and oxygen atoms in total. The van der Waals surface area contributed by atoms with Crippen molar-refractivity contribution in [2.75, 3.05) is 13.3 Å². The monoisotopic (exact) mass is 373 g/mol. The number of nitrogens with one attached hydrogen (secondary N) is 1.